The maximum Gasteiger partial charge on any atom is 0.105 e. The first-order valence-corrected chi connectivity index (χ1v) is 8.20. The molecule has 1 aromatic carbocycles. The van der Waals surface area contributed by atoms with Gasteiger partial charge in [0.2, 0.25) is 0 Å². The number of hydrogen-bond acceptors (Lipinski definition) is 2. The molecule has 0 aliphatic heterocycles. The summed E-state index contributed by atoms with van der Waals surface area (Å²) in [6.07, 6.45) is 8.91. The monoisotopic (exact) mass is 276 g/mol. The van der Waals surface area contributed by atoms with Crippen LogP contribution in [0.4, 0.5) is 0 Å². The summed E-state index contributed by atoms with van der Waals surface area (Å²) in [5, 5.41) is 10.5. The van der Waals surface area contributed by atoms with Crippen molar-refractivity contribution >= 4 is 0 Å². The zero-order valence-electron chi connectivity index (χ0n) is 12.7. The van der Waals surface area contributed by atoms with Crippen molar-refractivity contribution in [1.82, 2.24) is 0 Å². The van der Waals surface area contributed by atoms with Gasteiger partial charge in [0, 0.05) is 6.61 Å². The second-order valence-corrected chi connectivity index (χ2v) is 5.86. The number of aryl methyl sites for hydroxylation is 1. The molecule has 2 atom stereocenters. The minimum atomic E-state index is -0.454. The largest absolute Gasteiger partial charge is 0.386 e. The Hall–Kier alpha value is -0.860. The minimum Gasteiger partial charge on any atom is -0.386 e. The molecule has 1 aliphatic rings. The molecular formula is C18H28O2. The van der Waals surface area contributed by atoms with Crippen LogP contribution in [0.15, 0.2) is 24.3 Å². The molecule has 2 nitrogen and oxygen atoms in total. The standard InChI is InChI=1S/C18H28O2/c1-2-3-4-5-8-14-20-17-13-9-11-15-10-6-7-12-16(15)18(17)19/h6-7,10,12,17-19H,2-5,8-9,11,13-14H2,1H3. The van der Waals surface area contributed by atoms with E-state index in [-0.39, 0.29) is 6.10 Å². The lowest BCUT2D eigenvalue weighted by Gasteiger charge is -2.22. The molecule has 0 heterocycles. The summed E-state index contributed by atoms with van der Waals surface area (Å²) in [5.74, 6) is 0. The van der Waals surface area contributed by atoms with Crippen LogP contribution < -0.4 is 0 Å². The fourth-order valence-electron chi connectivity index (χ4n) is 3.02. The summed E-state index contributed by atoms with van der Waals surface area (Å²) in [6, 6.07) is 8.24. The highest BCUT2D eigenvalue weighted by molar-refractivity contribution is 5.30. The predicted molar refractivity (Wildman–Crippen MR) is 82.8 cm³/mol. The molecule has 0 bridgehead atoms. The number of aliphatic hydroxyl groups is 1. The van der Waals surface area contributed by atoms with Crippen LogP contribution in [0.3, 0.4) is 0 Å². The highest BCUT2D eigenvalue weighted by atomic mass is 16.5. The van der Waals surface area contributed by atoms with E-state index in [1.54, 1.807) is 0 Å². The highest BCUT2D eigenvalue weighted by Gasteiger charge is 2.26. The Kier molecular flexibility index (Phi) is 6.55. The van der Waals surface area contributed by atoms with Gasteiger partial charge in [-0.15, -0.1) is 0 Å². The van der Waals surface area contributed by atoms with Crippen LogP contribution >= 0.6 is 0 Å². The number of ether oxygens (including phenoxy) is 1. The number of aliphatic hydroxyl groups excluding tert-OH is 1. The lowest BCUT2D eigenvalue weighted by molar-refractivity contribution is -0.0428. The van der Waals surface area contributed by atoms with Crippen LogP contribution in [0.25, 0.3) is 0 Å². The second kappa shape index (κ2) is 8.43. The van der Waals surface area contributed by atoms with Gasteiger partial charge in [-0.25, -0.2) is 0 Å². The van der Waals surface area contributed by atoms with Crippen LogP contribution in [-0.4, -0.2) is 17.8 Å². The van der Waals surface area contributed by atoms with E-state index < -0.39 is 6.10 Å². The number of unbranched alkanes of at least 4 members (excludes halogenated alkanes) is 4. The Labute approximate surface area is 123 Å². The quantitative estimate of drug-likeness (QED) is 0.590. The number of benzene rings is 1. The van der Waals surface area contributed by atoms with E-state index in [0.29, 0.717) is 0 Å². The summed E-state index contributed by atoms with van der Waals surface area (Å²) in [4.78, 5) is 0. The van der Waals surface area contributed by atoms with Crippen molar-refractivity contribution in [3.8, 4) is 0 Å². The average Bonchev–Trinajstić information content (AvgIpc) is 2.63. The molecule has 0 fully saturated rings. The Morgan fingerprint density at radius 1 is 1.15 bits per heavy atom. The van der Waals surface area contributed by atoms with Gasteiger partial charge in [-0.1, -0.05) is 56.9 Å². The van der Waals surface area contributed by atoms with E-state index in [4.69, 9.17) is 4.74 Å². The van der Waals surface area contributed by atoms with Crippen molar-refractivity contribution in [3.05, 3.63) is 35.4 Å². The van der Waals surface area contributed by atoms with Crippen molar-refractivity contribution in [2.45, 2.75) is 70.5 Å². The minimum absolute atomic E-state index is 0.0233. The maximum atomic E-state index is 10.5. The van der Waals surface area contributed by atoms with Gasteiger partial charge >= 0.3 is 0 Å². The van der Waals surface area contributed by atoms with Crippen molar-refractivity contribution in [2.24, 2.45) is 0 Å². The van der Waals surface area contributed by atoms with E-state index in [1.165, 1.54) is 31.2 Å². The molecule has 0 amide bonds. The van der Waals surface area contributed by atoms with Gasteiger partial charge in [0.15, 0.2) is 0 Å². The van der Waals surface area contributed by atoms with Crippen LogP contribution in [-0.2, 0) is 11.2 Å². The third-order valence-electron chi connectivity index (χ3n) is 4.24. The van der Waals surface area contributed by atoms with Gasteiger partial charge in [-0.05, 0) is 36.8 Å². The fraction of sp³-hybridized carbons (Fsp3) is 0.667. The highest BCUT2D eigenvalue weighted by Crippen LogP contribution is 2.30. The Balaban J connectivity index is 1.80. The Bertz CT molecular complexity index is 389. The molecule has 20 heavy (non-hydrogen) atoms. The van der Waals surface area contributed by atoms with Crippen molar-refractivity contribution in [3.63, 3.8) is 0 Å². The summed E-state index contributed by atoms with van der Waals surface area (Å²) in [6.45, 7) is 3.02. The van der Waals surface area contributed by atoms with E-state index in [0.717, 1.165) is 37.9 Å². The lowest BCUT2D eigenvalue weighted by atomic mass is 10.0. The normalized spacial score (nSPS) is 22.3. The summed E-state index contributed by atoms with van der Waals surface area (Å²) < 4.78 is 5.96. The molecule has 0 saturated heterocycles. The van der Waals surface area contributed by atoms with Gasteiger partial charge in [-0.2, -0.15) is 0 Å². The summed E-state index contributed by atoms with van der Waals surface area (Å²) >= 11 is 0. The average molecular weight is 276 g/mol. The molecule has 2 rings (SSSR count). The molecule has 2 heteroatoms. The maximum absolute atomic E-state index is 10.5. The molecule has 112 valence electrons. The predicted octanol–water partition coefficient (Wildman–Crippen LogP) is 4.41. The molecule has 0 radical (unpaired) electrons. The van der Waals surface area contributed by atoms with Crippen molar-refractivity contribution in [2.75, 3.05) is 6.61 Å². The first-order chi connectivity index (χ1) is 9.83. The molecular weight excluding hydrogens is 248 g/mol. The van der Waals surface area contributed by atoms with Gasteiger partial charge in [0.05, 0.1) is 6.10 Å². The zero-order valence-corrected chi connectivity index (χ0v) is 12.7. The molecule has 1 N–H and O–H groups in total. The first-order valence-electron chi connectivity index (χ1n) is 8.20. The molecule has 1 aromatic rings. The fourth-order valence-corrected chi connectivity index (χ4v) is 3.02. The SMILES string of the molecule is CCCCCCCOC1CCCc2ccccc2C1O. The number of hydrogen-bond donors (Lipinski definition) is 1. The Morgan fingerprint density at radius 2 is 1.95 bits per heavy atom. The topological polar surface area (TPSA) is 29.5 Å². The Morgan fingerprint density at radius 3 is 2.80 bits per heavy atom. The number of rotatable bonds is 7. The molecule has 0 spiro atoms. The lowest BCUT2D eigenvalue weighted by Crippen LogP contribution is -2.22. The number of fused-ring (bicyclic) bond motifs is 1. The molecule has 2 unspecified atom stereocenters. The van der Waals surface area contributed by atoms with E-state index in [1.807, 2.05) is 12.1 Å². The molecule has 1 aliphatic carbocycles. The third kappa shape index (κ3) is 4.32. The van der Waals surface area contributed by atoms with E-state index in [9.17, 15) is 5.11 Å². The molecule has 0 saturated carbocycles. The molecule has 0 aromatic heterocycles. The summed E-state index contributed by atoms with van der Waals surface area (Å²) in [5.41, 5.74) is 2.36. The van der Waals surface area contributed by atoms with Crippen LogP contribution in [0.2, 0.25) is 0 Å². The van der Waals surface area contributed by atoms with Crippen LogP contribution in [0.5, 0.6) is 0 Å². The van der Waals surface area contributed by atoms with E-state index >= 15 is 0 Å². The smallest absolute Gasteiger partial charge is 0.105 e. The summed E-state index contributed by atoms with van der Waals surface area (Å²) in [7, 11) is 0. The van der Waals surface area contributed by atoms with Crippen LogP contribution in [0, 0.1) is 0 Å². The van der Waals surface area contributed by atoms with Crippen molar-refractivity contribution in [1.29, 1.82) is 0 Å². The van der Waals surface area contributed by atoms with Gasteiger partial charge in [0.25, 0.3) is 0 Å². The van der Waals surface area contributed by atoms with E-state index in [2.05, 4.69) is 19.1 Å². The zero-order chi connectivity index (χ0) is 14.2. The van der Waals surface area contributed by atoms with Crippen molar-refractivity contribution < 1.29 is 9.84 Å². The van der Waals surface area contributed by atoms with Gasteiger partial charge in [0.1, 0.15) is 6.10 Å². The van der Waals surface area contributed by atoms with Gasteiger partial charge < -0.3 is 9.84 Å². The third-order valence-corrected chi connectivity index (χ3v) is 4.24. The second-order valence-electron chi connectivity index (χ2n) is 5.86. The van der Waals surface area contributed by atoms with Gasteiger partial charge in [-0.3, -0.25) is 0 Å². The van der Waals surface area contributed by atoms with Crippen LogP contribution in [0.1, 0.15) is 69.1 Å². The first kappa shape index (κ1) is 15.5.